The van der Waals surface area contributed by atoms with Crippen molar-refractivity contribution in [2.75, 3.05) is 43.5 Å². The largest absolute Gasteiger partial charge is 0.496 e. The first-order valence-electron chi connectivity index (χ1n) is 11.8. The van der Waals surface area contributed by atoms with E-state index in [0.29, 0.717) is 24.4 Å². The van der Waals surface area contributed by atoms with E-state index in [1.54, 1.807) is 24.3 Å². The molecule has 1 heterocycles. The van der Waals surface area contributed by atoms with Crippen LogP contribution >= 0.6 is 28.1 Å². The maximum Gasteiger partial charge on any atom is 0.261 e. The Morgan fingerprint density at radius 1 is 0.973 bits per heavy atom. The van der Waals surface area contributed by atoms with Crippen LogP contribution in [0.5, 0.6) is 5.75 Å². The lowest BCUT2D eigenvalue weighted by atomic mass is 10.2. The number of hydrogen-bond donors (Lipinski definition) is 2. The highest BCUT2D eigenvalue weighted by Gasteiger charge is 2.20. The molecule has 1 saturated heterocycles. The molecule has 1 fully saturated rings. The first-order valence-corrected chi connectivity index (χ1v) is 13.0. The number of anilines is 2. The molecule has 3 aromatic carbocycles. The Kier molecular flexibility index (Phi) is 8.92. The highest BCUT2D eigenvalue weighted by molar-refractivity contribution is 9.10. The predicted octanol–water partition coefficient (Wildman–Crippen LogP) is 4.95. The van der Waals surface area contributed by atoms with Gasteiger partial charge < -0.3 is 19.9 Å². The van der Waals surface area contributed by atoms with Crippen LogP contribution in [0.3, 0.4) is 0 Å². The summed E-state index contributed by atoms with van der Waals surface area (Å²) in [6.07, 6.45) is 3.49. The van der Waals surface area contributed by atoms with Gasteiger partial charge in [-0.15, -0.1) is 0 Å². The third-order valence-electron chi connectivity index (χ3n) is 5.93. The van der Waals surface area contributed by atoms with Crippen LogP contribution in [0.15, 0.2) is 83.3 Å². The molecule has 1 aliphatic heterocycles. The Morgan fingerprint density at radius 2 is 1.68 bits per heavy atom. The van der Waals surface area contributed by atoms with Crippen LogP contribution in [0.4, 0.5) is 11.4 Å². The summed E-state index contributed by atoms with van der Waals surface area (Å²) in [5, 5.41) is 5.92. The van der Waals surface area contributed by atoms with Gasteiger partial charge in [-0.2, -0.15) is 0 Å². The molecule has 1 aliphatic rings. The molecule has 2 N–H and O–H groups in total. The van der Waals surface area contributed by atoms with Crippen molar-refractivity contribution in [1.29, 1.82) is 0 Å². The number of halogens is 1. The molecule has 190 valence electrons. The van der Waals surface area contributed by atoms with E-state index in [9.17, 15) is 9.59 Å². The predicted molar refractivity (Wildman–Crippen MR) is 155 cm³/mol. The smallest absolute Gasteiger partial charge is 0.261 e. The van der Waals surface area contributed by atoms with Gasteiger partial charge in [-0.05, 0) is 66.3 Å². The minimum Gasteiger partial charge on any atom is -0.496 e. The van der Waals surface area contributed by atoms with E-state index in [4.69, 9.17) is 17.0 Å². The zero-order valence-electron chi connectivity index (χ0n) is 20.3. The fourth-order valence-electron chi connectivity index (χ4n) is 3.97. The summed E-state index contributed by atoms with van der Waals surface area (Å²) in [7, 11) is 1.51. The van der Waals surface area contributed by atoms with Crippen molar-refractivity contribution in [2.45, 2.75) is 0 Å². The molecular weight excluding hydrogens is 552 g/mol. The third-order valence-corrected chi connectivity index (χ3v) is 6.63. The number of piperazine rings is 1. The van der Waals surface area contributed by atoms with Crippen molar-refractivity contribution in [2.24, 2.45) is 0 Å². The SMILES string of the molecule is COc1ccc(Br)cc1C(=O)NC(=S)Nc1ccc(N2CCN(C(=O)/C=C/c3ccccc3)CC2)cc1. The highest BCUT2D eigenvalue weighted by Crippen LogP contribution is 2.23. The number of benzene rings is 3. The molecule has 37 heavy (non-hydrogen) atoms. The molecule has 7 nitrogen and oxygen atoms in total. The second-order valence-electron chi connectivity index (χ2n) is 8.36. The van der Waals surface area contributed by atoms with Crippen LogP contribution in [0, 0.1) is 0 Å². The molecule has 4 rings (SSSR count). The zero-order chi connectivity index (χ0) is 26.2. The number of methoxy groups -OCH3 is 1. The number of rotatable bonds is 6. The van der Waals surface area contributed by atoms with Gasteiger partial charge in [0.15, 0.2) is 5.11 Å². The molecule has 0 saturated carbocycles. The third kappa shape index (κ3) is 7.18. The van der Waals surface area contributed by atoms with Crippen LogP contribution in [0.2, 0.25) is 0 Å². The number of nitrogens with one attached hydrogen (secondary N) is 2. The van der Waals surface area contributed by atoms with E-state index < -0.39 is 0 Å². The van der Waals surface area contributed by atoms with Crippen LogP contribution in [-0.2, 0) is 4.79 Å². The minimum atomic E-state index is -0.363. The quantitative estimate of drug-likeness (QED) is 0.318. The average Bonchev–Trinajstić information content (AvgIpc) is 2.92. The van der Waals surface area contributed by atoms with Crippen molar-refractivity contribution in [3.05, 3.63) is 94.5 Å². The van der Waals surface area contributed by atoms with Crippen LogP contribution < -0.4 is 20.3 Å². The number of carbonyl (C=O) groups excluding carboxylic acids is 2. The lowest BCUT2D eigenvalue weighted by Gasteiger charge is -2.35. The highest BCUT2D eigenvalue weighted by atomic mass is 79.9. The molecule has 0 atom stereocenters. The van der Waals surface area contributed by atoms with Gasteiger partial charge in [-0.25, -0.2) is 0 Å². The molecule has 2 amide bonds. The zero-order valence-corrected chi connectivity index (χ0v) is 22.7. The van der Waals surface area contributed by atoms with E-state index in [0.717, 1.165) is 34.5 Å². The maximum atomic E-state index is 12.6. The van der Waals surface area contributed by atoms with Gasteiger partial charge in [0.05, 0.1) is 12.7 Å². The topological polar surface area (TPSA) is 73.9 Å². The number of carbonyl (C=O) groups is 2. The molecule has 0 aromatic heterocycles. The molecular formula is C28H27BrN4O3S. The summed E-state index contributed by atoms with van der Waals surface area (Å²) < 4.78 is 6.03. The Hall–Kier alpha value is -3.69. The fraction of sp³-hybridized carbons (Fsp3) is 0.179. The van der Waals surface area contributed by atoms with Crippen LogP contribution in [0.25, 0.3) is 6.08 Å². The minimum absolute atomic E-state index is 0.0269. The van der Waals surface area contributed by atoms with E-state index in [1.807, 2.05) is 65.6 Å². The van der Waals surface area contributed by atoms with Crippen molar-refractivity contribution in [3.8, 4) is 5.75 Å². The van der Waals surface area contributed by atoms with Gasteiger partial charge in [0.2, 0.25) is 5.91 Å². The Morgan fingerprint density at radius 3 is 2.35 bits per heavy atom. The monoisotopic (exact) mass is 578 g/mol. The lowest BCUT2D eigenvalue weighted by molar-refractivity contribution is -0.126. The number of amides is 2. The number of nitrogens with zero attached hydrogens (tertiary/aromatic N) is 2. The second kappa shape index (κ2) is 12.5. The van der Waals surface area contributed by atoms with Gasteiger partial charge in [0.25, 0.3) is 5.91 Å². The number of thiocarbonyl (C=S) groups is 1. The summed E-state index contributed by atoms with van der Waals surface area (Å²) in [5.74, 6) is 0.124. The molecule has 0 radical (unpaired) electrons. The van der Waals surface area contributed by atoms with Crippen molar-refractivity contribution >= 4 is 62.5 Å². The van der Waals surface area contributed by atoms with E-state index in [2.05, 4.69) is 31.5 Å². The van der Waals surface area contributed by atoms with Crippen molar-refractivity contribution in [1.82, 2.24) is 10.2 Å². The summed E-state index contributed by atoms with van der Waals surface area (Å²) in [6, 6.07) is 22.8. The van der Waals surface area contributed by atoms with Gasteiger partial charge >= 0.3 is 0 Å². The summed E-state index contributed by atoms with van der Waals surface area (Å²) >= 11 is 8.69. The van der Waals surface area contributed by atoms with E-state index in [1.165, 1.54) is 7.11 Å². The molecule has 0 unspecified atom stereocenters. The fourth-order valence-corrected chi connectivity index (χ4v) is 4.54. The maximum absolute atomic E-state index is 12.6. The molecule has 3 aromatic rings. The second-order valence-corrected chi connectivity index (χ2v) is 9.68. The standard InChI is InChI=1S/C28H27BrN4O3S/c1-36-25-13-8-21(29)19-24(25)27(35)31-28(37)30-22-9-11-23(12-10-22)32-15-17-33(18-16-32)26(34)14-7-20-5-3-2-4-6-20/h2-14,19H,15-18H2,1H3,(H2,30,31,35,37)/b14-7+. The van der Waals surface area contributed by atoms with Gasteiger partial charge in [0, 0.05) is 48.1 Å². The number of hydrogen-bond acceptors (Lipinski definition) is 5. The van der Waals surface area contributed by atoms with Gasteiger partial charge in [0.1, 0.15) is 5.75 Å². The number of ether oxygens (including phenoxy) is 1. The lowest BCUT2D eigenvalue weighted by Crippen LogP contribution is -2.48. The Bertz CT molecular complexity index is 1290. The van der Waals surface area contributed by atoms with Gasteiger partial charge in [-0.3, -0.25) is 14.9 Å². The first kappa shape index (κ1) is 26.4. The Labute approximate surface area is 230 Å². The van der Waals surface area contributed by atoms with Crippen LogP contribution in [-0.4, -0.2) is 55.1 Å². The molecule has 9 heteroatoms. The first-order chi connectivity index (χ1) is 17.9. The average molecular weight is 580 g/mol. The molecule has 0 spiro atoms. The van der Waals surface area contributed by atoms with E-state index in [-0.39, 0.29) is 16.9 Å². The van der Waals surface area contributed by atoms with Crippen LogP contribution in [0.1, 0.15) is 15.9 Å². The normalized spacial score (nSPS) is 13.4. The van der Waals surface area contributed by atoms with Crippen molar-refractivity contribution < 1.29 is 14.3 Å². The molecule has 0 bridgehead atoms. The van der Waals surface area contributed by atoms with E-state index >= 15 is 0 Å². The molecule has 0 aliphatic carbocycles. The van der Waals surface area contributed by atoms with Crippen molar-refractivity contribution in [3.63, 3.8) is 0 Å². The summed E-state index contributed by atoms with van der Waals surface area (Å²) in [4.78, 5) is 29.3. The summed E-state index contributed by atoms with van der Waals surface area (Å²) in [5.41, 5.74) is 3.21. The summed E-state index contributed by atoms with van der Waals surface area (Å²) in [6.45, 7) is 2.82. The van der Waals surface area contributed by atoms with Gasteiger partial charge in [-0.1, -0.05) is 46.3 Å². The Balaban J connectivity index is 1.27.